The summed E-state index contributed by atoms with van der Waals surface area (Å²) in [7, 11) is 0. The van der Waals surface area contributed by atoms with E-state index in [0.29, 0.717) is 6.04 Å². The highest BCUT2D eigenvalue weighted by molar-refractivity contribution is 5.26. The van der Waals surface area contributed by atoms with Gasteiger partial charge in [0.2, 0.25) is 0 Å². The zero-order valence-electron chi connectivity index (χ0n) is 8.25. The average molecular weight is 176 g/mol. The van der Waals surface area contributed by atoms with Crippen molar-refractivity contribution in [2.75, 3.05) is 6.54 Å². The number of rotatable bonds is 1. The summed E-state index contributed by atoms with van der Waals surface area (Å²) in [4.78, 5) is 4.11. The second-order valence-corrected chi connectivity index (χ2v) is 4.03. The van der Waals surface area contributed by atoms with Crippen LogP contribution in [0, 0.1) is 12.8 Å². The second-order valence-electron chi connectivity index (χ2n) is 4.03. The molecule has 0 saturated carbocycles. The van der Waals surface area contributed by atoms with Gasteiger partial charge in [0.25, 0.3) is 0 Å². The van der Waals surface area contributed by atoms with Gasteiger partial charge < -0.3 is 5.32 Å². The van der Waals surface area contributed by atoms with Gasteiger partial charge in [-0.05, 0) is 43.0 Å². The summed E-state index contributed by atoms with van der Waals surface area (Å²) in [6, 6.07) is 2.68. The molecule has 2 atom stereocenters. The molecule has 2 heteroatoms. The Morgan fingerprint density at radius 3 is 3.00 bits per heavy atom. The van der Waals surface area contributed by atoms with E-state index in [9.17, 15) is 0 Å². The van der Waals surface area contributed by atoms with Crippen LogP contribution in [0.15, 0.2) is 18.5 Å². The minimum Gasteiger partial charge on any atom is -0.310 e. The van der Waals surface area contributed by atoms with Crippen LogP contribution in [0.25, 0.3) is 0 Å². The van der Waals surface area contributed by atoms with Crippen molar-refractivity contribution >= 4 is 0 Å². The van der Waals surface area contributed by atoms with Crippen LogP contribution in [-0.4, -0.2) is 11.5 Å². The van der Waals surface area contributed by atoms with Crippen LogP contribution >= 0.6 is 0 Å². The van der Waals surface area contributed by atoms with E-state index in [1.807, 2.05) is 12.4 Å². The van der Waals surface area contributed by atoms with Gasteiger partial charge in [0.15, 0.2) is 0 Å². The Morgan fingerprint density at radius 2 is 2.38 bits per heavy atom. The molecular formula is C11H16N2. The van der Waals surface area contributed by atoms with E-state index in [2.05, 4.69) is 30.2 Å². The smallest absolute Gasteiger partial charge is 0.0327 e. The maximum absolute atomic E-state index is 4.11. The summed E-state index contributed by atoms with van der Waals surface area (Å²) in [5.41, 5.74) is 2.72. The van der Waals surface area contributed by atoms with Gasteiger partial charge in [-0.3, -0.25) is 4.98 Å². The standard InChI is InChI=1S/C11H16N2/c1-8-5-11(13-6-8)10-3-4-12-7-9(10)2/h3-4,7-8,11,13H,5-6H2,1-2H3/t8-,11+/m1/s1. The zero-order valence-corrected chi connectivity index (χ0v) is 8.25. The lowest BCUT2D eigenvalue weighted by atomic mass is 9.99. The summed E-state index contributed by atoms with van der Waals surface area (Å²) in [5.74, 6) is 0.803. The van der Waals surface area contributed by atoms with E-state index in [1.165, 1.54) is 17.5 Å². The molecule has 1 aliphatic heterocycles. The highest BCUT2D eigenvalue weighted by atomic mass is 14.9. The van der Waals surface area contributed by atoms with E-state index in [0.717, 1.165) is 12.5 Å². The Balaban J connectivity index is 2.21. The molecule has 2 nitrogen and oxygen atoms in total. The Hall–Kier alpha value is -0.890. The van der Waals surface area contributed by atoms with E-state index in [-0.39, 0.29) is 0 Å². The highest BCUT2D eigenvalue weighted by Crippen LogP contribution is 2.27. The highest BCUT2D eigenvalue weighted by Gasteiger charge is 2.22. The number of nitrogens with zero attached hydrogens (tertiary/aromatic N) is 1. The van der Waals surface area contributed by atoms with Crippen LogP contribution in [0.1, 0.15) is 30.5 Å². The first-order valence-electron chi connectivity index (χ1n) is 4.91. The monoisotopic (exact) mass is 176 g/mol. The molecule has 0 aromatic carbocycles. The largest absolute Gasteiger partial charge is 0.310 e. The van der Waals surface area contributed by atoms with Crippen molar-refractivity contribution in [1.29, 1.82) is 0 Å². The number of nitrogens with one attached hydrogen (secondary N) is 1. The van der Waals surface area contributed by atoms with E-state index in [4.69, 9.17) is 0 Å². The molecule has 0 amide bonds. The average Bonchev–Trinajstić information content (AvgIpc) is 2.53. The lowest BCUT2D eigenvalue weighted by Gasteiger charge is -2.12. The summed E-state index contributed by atoms with van der Waals surface area (Å²) in [6.07, 6.45) is 5.08. The quantitative estimate of drug-likeness (QED) is 0.708. The van der Waals surface area contributed by atoms with Crippen molar-refractivity contribution in [3.63, 3.8) is 0 Å². The van der Waals surface area contributed by atoms with Crippen molar-refractivity contribution < 1.29 is 0 Å². The fourth-order valence-corrected chi connectivity index (χ4v) is 2.02. The first kappa shape index (κ1) is 8.70. The topological polar surface area (TPSA) is 24.9 Å². The third-order valence-electron chi connectivity index (χ3n) is 2.79. The SMILES string of the molecule is Cc1cnccc1[C@@H]1C[C@@H](C)CN1. The molecule has 0 spiro atoms. The molecule has 1 aromatic heterocycles. The first-order valence-corrected chi connectivity index (χ1v) is 4.91. The fourth-order valence-electron chi connectivity index (χ4n) is 2.02. The van der Waals surface area contributed by atoms with Gasteiger partial charge in [0.1, 0.15) is 0 Å². The lowest BCUT2D eigenvalue weighted by Crippen LogP contribution is -2.14. The number of pyridine rings is 1. The van der Waals surface area contributed by atoms with Crippen molar-refractivity contribution in [3.8, 4) is 0 Å². The molecule has 1 aliphatic rings. The van der Waals surface area contributed by atoms with E-state index in [1.54, 1.807) is 0 Å². The maximum Gasteiger partial charge on any atom is 0.0327 e. The first-order chi connectivity index (χ1) is 6.27. The number of hydrogen-bond acceptors (Lipinski definition) is 2. The molecule has 1 aromatic rings. The Morgan fingerprint density at radius 1 is 1.54 bits per heavy atom. The Bertz CT molecular complexity index is 296. The van der Waals surface area contributed by atoms with Gasteiger partial charge in [-0.2, -0.15) is 0 Å². The van der Waals surface area contributed by atoms with Gasteiger partial charge in [0, 0.05) is 18.4 Å². The Kier molecular flexibility index (Phi) is 2.32. The van der Waals surface area contributed by atoms with Gasteiger partial charge in [-0.1, -0.05) is 6.92 Å². The van der Waals surface area contributed by atoms with Gasteiger partial charge in [0.05, 0.1) is 0 Å². The van der Waals surface area contributed by atoms with Crippen LogP contribution in [0.4, 0.5) is 0 Å². The Labute approximate surface area is 79.4 Å². The van der Waals surface area contributed by atoms with Crippen LogP contribution in [0.3, 0.4) is 0 Å². The maximum atomic E-state index is 4.11. The molecule has 13 heavy (non-hydrogen) atoms. The molecule has 0 unspecified atom stereocenters. The molecule has 0 aliphatic carbocycles. The van der Waals surface area contributed by atoms with E-state index >= 15 is 0 Å². The van der Waals surface area contributed by atoms with Crippen molar-refractivity contribution in [1.82, 2.24) is 10.3 Å². The minimum absolute atomic E-state index is 0.554. The predicted octanol–water partition coefficient (Wildman–Crippen LogP) is 2.06. The third kappa shape index (κ3) is 1.73. The van der Waals surface area contributed by atoms with Crippen molar-refractivity contribution in [2.45, 2.75) is 26.3 Å². The lowest BCUT2D eigenvalue weighted by molar-refractivity contribution is 0.609. The summed E-state index contributed by atoms with van der Waals surface area (Å²) in [6.45, 7) is 5.57. The summed E-state index contributed by atoms with van der Waals surface area (Å²) >= 11 is 0. The molecule has 2 heterocycles. The van der Waals surface area contributed by atoms with Gasteiger partial charge in [-0.15, -0.1) is 0 Å². The predicted molar refractivity (Wildman–Crippen MR) is 53.5 cm³/mol. The molecule has 1 N–H and O–H groups in total. The van der Waals surface area contributed by atoms with Crippen LogP contribution in [0.5, 0.6) is 0 Å². The van der Waals surface area contributed by atoms with Crippen LogP contribution in [0.2, 0.25) is 0 Å². The molecule has 0 radical (unpaired) electrons. The number of aromatic nitrogens is 1. The molecule has 1 saturated heterocycles. The summed E-state index contributed by atoms with van der Waals surface area (Å²) < 4.78 is 0. The molecule has 2 rings (SSSR count). The molecular weight excluding hydrogens is 160 g/mol. The minimum atomic E-state index is 0.554. The van der Waals surface area contributed by atoms with Crippen LogP contribution in [-0.2, 0) is 0 Å². The van der Waals surface area contributed by atoms with E-state index < -0.39 is 0 Å². The second kappa shape index (κ2) is 3.46. The van der Waals surface area contributed by atoms with Gasteiger partial charge >= 0.3 is 0 Å². The molecule has 70 valence electrons. The zero-order chi connectivity index (χ0) is 9.26. The number of hydrogen-bond donors (Lipinski definition) is 1. The van der Waals surface area contributed by atoms with Crippen molar-refractivity contribution in [2.24, 2.45) is 5.92 Å². The van der Waals surface area contributed by atoms with Gasteiger partial charge in [-0.25, -0.2) is 0 Å². The fraction of sp³-hybridized carbons (Fsp3) is 0.545. The molecule has 0 bridgehead atoms. The normalized spacial score (nSPS) is 27.8. The van der Waals surface area contributed by atoms with Crippen LogP contribution < -0.4 is 5.32 Å². The van der Waals surface area contributed by atoms with Crippen molar-refractivity contribution in [3.05, 3.63) is 29.6 Å². The molecule has 1 fully saturated rings. The third-order valence-corrected chi connectivity index (χ3v) is 2.79. The number of aryl methyl sites for hydroxylation is 1. The summed E-state index contributed by atoms with van der Waals surface area (Å²) in [5, 5.41) is 3.54.